The molecule has 0 spiro atoms. The zero-order valence-electron chi connectivity index (χ0n) is 7.99. The first-order valence-corrected chi connectivity index (χ1v) is 4.31. The number of hydrogen-bond acceptors (Lipinski definition) is 3. The van der Waals surface area contributed by atoms with E-state index in [1.165, 1.54) is 0 Å². The number of rotatable bonds is 2. The molecule has 0 saturated carbocycles. The molecule has 1 aromatic rings. The van der Waals surface area contributed by atoms with Gasteiger partial charge in [0.05, 0.1) is 24.1 Å². The Bertz CT molecular complexity index is 410. The minimum absolute atomic E-state index is 0.272. The first-order valence-electron chi connectivity index (χ1n) is 4.31. The van der Waals surface area contributed by atoms with Gasteiger partial charge in [0.25, 0.3) is 0 Å². The van der Waals surface area contributed by atoms with Gasteiger partial charge >= 0.3 is 0 Å². The highest BCUT2D eigenvalue weighted by Gasteiger charge is 2.06. The molecule has 0 unspecified atom stereocenters. The van der Waals surface area contributed by atoms with Gasteiger partial charge < -0.3 is 5.73 Å². The SMILES string of the molecule is Cc1cc(C#N)cc([C@H](N)CC#N)c1. The van der Waals surface area contributed by atoms with Gasteiger partial charge in [0.2, 0.25) is 0 Å². The molecule has 0 radical (unpaired) electrons. The van der Waals surface area contributed by atoms with E-state index in [2.05, 4.69) is 6.07 Å². The second-order valence-corrected chi connectivity index (χ2v) is 3.21. The van der Waals surface area contributed by atoms with E-state index in [4.69, 9.17) is 16.3 Å². The third-order valence-electron chi connectivity index (χ3n) is 1.97. The zero-order chi connectivity index (χ0) is 10.6. The quantitative estimate of drug-likeness (QED) is 0.763. The number of nitriles is 2. The van der Waals surface area contributed by atoms with Gasteiger partial charge in [0.1, 0.15) is 0 Å². The van der Waals surface area contributed by atoms with Crippen molar-refractivity contribution in [2.24, 2.45) is 5.73 Å². The largest absolute Gasteiger partial charge is 0.323 e. The number of benzene rings is 1. The maximum absolute atomic E-state index is 8.74. The maximum Gasteiger partial charge on any atom is 0.0991 e. The van der Waals surface area contributed by atoms with Gasteiger partial charge in [-0.15, -0.1) is 0 Å². The van der Waals surface area contributed by atoms with Crippen LogP contribution >= 0.6 is 0 Å². The molecule has 3 nitrogen and oxygen atoms in total. The van der Waals surface area contributed by atoms with Crippen LogP contribution in [0.5, 0.6) is 0 Å². The molecule has 3 heteroatoms. The normalized spacial score (nSPS) is 11.4. The summed E-state index contributed by atoms with van der Waals surface area (Å²) in [6.45, 7) is 1.91. The van der Waals surface area contributed by atoms with E-state index < -0.39 is 0 Å². The number of hydrogen-bond donors (Lipinski definition) is 1. The van der Waals surface area contributed by atoms with Crippen LogP contribution in [0.1, 0.15) is 29.2 Å². The first kappa shape index (κ1) is 10.2. The summed E-state index contributed by atoms with van der Waals surface area (Å²) in [5.41, 5.74) is 8.20. The fourth-order valence-corrected chi connectivity index (χ4v) is 1.31. The lowest BCUT2D eigenvalue weighted by Gasteiger charge is -2.08. The van der Waals surface area contributed by atoms with Crippen molar-refractivity contribution in [1.82, 2.24) is 0 Å². The molecule has 0 bridgehead atoms. The average molecular weight is 185 g/mol. The van der Waals surface area contributed by atoms with Crippen LogP contribution < -0.4 is 5.73 Å². The molecule has 0 amide bonds. The van der Waals surface area contributed by atoms with Crippen molar-refractivity contribution < 1.29 is 0 Å². The van der Waals surface area contributed by atoms with Crippen molar-refractivity contribution in [2.45, 2.75) is 19.4 Å². The summed E-state index contributed by atoms with van der Waals surface area (Å²) >= 11 is 0. The van der Waals surface area contributed by atoms with E-state index in [1.807, 2.05) is 19.1 Å². The summed E-state index contributed by atoms with van der Waals surface area (Å²) in [4.78, 5) is 0. The third-order valence-corrected chi connectivity index (χ3v) is 1.97. The number of nitrogens with two attached hydrogens (primary N) is 1. The lowest BCUT2D eigenvalue weighted by Crippen LogP contribution is -2.09. The van der Waals surface area contributed by atoms with Crippen LogP contribution in [-0.2, 0) is 0 Å². The van der Waals surface area contributed by atoms with Crippen molar-refractivity contribution in [3.05, 3.63) is 34.9 Å². The van der Waals surface area contributed by atoms with Gasteiger partial charge in [0.15, 0.2) is 0 Å². The molecule has 1 atom stereocenters. The van der Waals surface area contributed by atoms with Crippen LogP contribution in [0.3, 0.4) is 0 Å². The number of nitrogens with zero attached hydrogens (tertiary/aromatic N) is 2. The molecule has 0 aromatic heterocycles. The van der Waals surface area contributed by atoms with Gasteiger partial charge in [-0.3, -0.25) is 0 Å². The maximum atomic E-state index is 8.74. The molecule has 1 rings (SSSR count). The summed E-state index contributed by atoms with van der Waals surface area (Å²) in [6, 6.07) is 9.21. The Hall–Kier alpha value is -1.84. The first-order chi connectivity index (χ1) is 6.67. The third kappa shape index (κ3) is 2.32. The predicted octanol–water partition coefficient (Wildman–Crippen LogP) is 1.78. The monoisotopic (exact) mass is 185 g/mol. The summed E-state index contributed by atoms with van der Waals surface area (Å²) < 4.78 is 0. The highest BCUT2D eigenvalue weighted by atomic mass is 14.6. The van der Waals surface area contributed by atoms with E-state index in [0.717, 1.165) is 11.1 Å². The molecule has 14 heavy (non-hydrogen) atoms. The van der Waals surface area contributed by atoms with Gasteiger partial charge in [-0.1, -0.05) is 6.07 Å². The van der Waals surface area contributed by atoms with E-state index in [-0.39, 0.29) is 12.5 Å². The number of aryl methyl sites for hydroxylation is 1. The van der Waals surface area contributed by atoms with Crippen LogP contribution in [0.2, 0.25) is 0 Å². The van der Waals surface area contributed by atoms with Crippen molar-refractivity contribution in [3.8, 4) is 12.1 Å². The van der Waals surface area contributed by atoms with Crippen molar-refractivity contribution >= 4 is 0 Å². The Morgan fingerprint density at radius 2 is 2.07 bits per heavy atom. The molecule has 0 saturated heterocycles. The van der Waals surface area contributed by atoms with E-state index in [1.54, 1.807) is 12.1 Å². The Balaban J connectivity index is 3.05. The summed E-state index contributed by atoms with van der Waals surface area (Å²) in [6.07, 6.45) is 0.272. The van der Waals surface area contributed by atoms with Crippen molar-refractivity contribution in [3.63, 3.8) is 0 Å². The fourth-order valence-electron chi connectivity index (χ4n) is 1.31. The predicted molar refractivity (Wildman–Crippen MR) is 53.1 cm³/mol. The standard InChI is InChI=1S/C11H11N3/c1-8-4-9(7-13)6-10(5-8)11(14)2-3-12/h4-6,11H,2,14H2,1H3/t11-/m1/s1. The smallest absolute Gasteiger partial charge is 0.0991 e. The summed E-state index contributed by atoms with van der Waals surface area (Å²) in [5.74, 6) is 0. The van der Waals surface area contributed by atoms with Gasteiger partial charge in [-0.25, -0.2) is 0 Å². The van der Waals surface area contributed by atoms with Gasteiger partial charge in [-0.2, -0.15) is 10.5 Å². The van der Waals surface area contributed by atoms with Crippen LogP contribution in [-0.4, -0.2) is 0 Å². The van der Waals surface area contributed by atoms with E-state index >= 15 is 0 Å². The van der Waals surface area contributed by atoms with Crippen LogP contribution in [0, 0.1) is 29.6 Å². The minimum atomic E-state index is -0.299. The van der Waals surface area contributed by atoms with Gasteiger partial charge in [-0.05, 0) is 30.2 Å². The topological polar surface area (TPSA) is 73.6 Å². The molecule has 0 fully saturated rings. The Morgan fingerprint density at radius 1 is 1.36 bits per heavy atom. The molecule has 1 aromatic carbocycles. The molecule has 0 aliphatic rings. The van der Waals surface area contributed by atoms with Crippen molar-refractivity contribution in [2.75, 3.05) is 0 Å². The highest BCUT2D eigenvalue weighted by Crippen LogP contribution is 2.17. The Labute approximate surface area is 83.4 Å². The van der Waals surface area contributed by atoms with Crippen LogP contribution in [0.4, 0.5) is 0 Å². The second kappa shape index (κ2) is 4.41. The van der Waals surface area contributed by atoms with E-state index in [0.29, 0.717) is 5.56 Å². The average Bonchev–Trinajstić information content (AvgIpc) is 2.17. The Kier molecular flexibility index (Phi) is 3.23. The molecule has 70 valence electrons. The fraction of sp³-hybridized carbons (Fsp3) is 0.273. The summed E-state index contributed by atoms with van der Waals surface area (Å²) in [7, 11) is 0. The van der Waals surface area contributed by atoms with Crippen molar-refractivity contribution in [1.29, 1.82) is 10.5 Å². The molecular weight excluding hydrogens is 174 g/mol. The molecular formula is C11H11N3. The molecule has 0 aliphatic heterocycles. The molecule has 0 aliphatic carbocycles. The zero-order valence-corrected chi connectivity index (χ0v) is 7.99. The van der Waals surface area contributed by atoms with Crippen LogP contribution in [0.25, 0.3) is 0 Å². The molecule has 2 N–H and O–H groups in total. The lowest BCUT2D eigenvalue weighted by atomic mass is 10.0. The van der Waals surface area contributed by atoms with Gasteiger partial charge in [0, 0.05) is 6.04 Å². The summed E-state index contributed by atoms with van der Waals surface area (Å²) in [5, 5.41) is 17.2. The second-order valence-electron chi connectivity index (χ2n) is 3.21. The van der Waals surface area contributed by atoms with E-state index in [9.17, 15) is 0 Å². The molecule has 0 heterocycles. The lowest BCUT2D eigenvalue weighted by molar-refractivity contribution is 0.747. The highest BCUT2D eigenvalue weighted by molar-refractivity contribution is 5.38. The van der Waals surface area contributed by atoms with Crippen LogP contribution in [0.15, 0.2) is 18.2 Å². The minimum Gasteiger partial charge on any atom is -0.323 e. The Morgan fingerprint density at radius 3 is 2.64 bits per heavy atom.